The first-order valence-electron chi connectivity index (χ1n) is 7.39. The lowest BCUT2D eigenvalue weighted by Crippen LogP contribution is -2.39. The van der Waals surface area contributed by atoms with Crippen LogP contribution in [-0.2, 0) is 0 Å². The van der Waals surface area contributed by atoms with Gasteiger partial charge in [-0.2, -0.15) is 0 Å². The zero-order chi connectivity index (χ0) is 14.4. The van der Waals surface area contributed by atoms with E-state index >= 15 is 0 Å². The van der Waals surface area contributed by atoms with Gasteiger partial charge in [-0.15, -0.1) is 0 Å². The van der Waals surface area contributed by atoms with Gasteiger partial charge in [0.25, 0.3) is 5.91 Å². The van der Waals surface area contributed by atoms with Crippen molar-refractivity contribution in [3.8, 4) is 5.75 Å². The number of carbonyl (C=O) groups excluding carboxylic acids is 1. The monoisotopic (exact) mass is 276 g/mol. The van der Waals surface area contributed by atoms with Crippen LogP contribution < -0.4 is 10.1 Å². The Morgan fingerprint density at radius 2 is 2.05 bits per heavy atom. The number of amides is 1. The molecule has 110 valence electrons. The molecule has 1 amide bonds. The van der Waals surface area contributed by atoms with Crippen LogP contribution in [0.3, 0.4) is 0 Å². The summed E-state index contributed by atoms with van der Waals surface area (Å²) >= 11 is 0. The molecule has 0 aromatic heterocycles. The predicted molar refractivity (Wildman–Crippen MR) is 80.2 cm³/mol. The molecule has 0 bridgehead atoms. The Labute approximate surface area is 121 Å². The van der Waals surface area contributed by atoms with Gasteiger partial charge in [0.05, 0.1) is 12.7 Å². The average molecular weight is 276 g/mol. The van der Waals surface area contributed by atoms with Crippen LogP contribution in [0.5, 0.6) is 5.75 Å². The number of hydrogen-bond acceptors (Lipinski definition) is 3. The summed E-state index contributed by atoms with van der Waals surface area (Å²) in [6.07, 6.45) is 2.30. The van der Waals surface area contributed by atoms with Crippen molar-refractivity contribution in [3.63, 3.8) is 0 Å². The highest BCUT2D eigenvalue weighted by atomic mass is 16.5. The van der Waals surface area contributed by atoms with Crippen molar-refractivity contribution in [3.05, 3.63) is 29.8 Å². The molecule has 0 saturated carbocycles. The standard InChI is InChI=1S/C16H24N2O2/c1-3-18(12-13-8-10-17-11-9-13)16(19)14-6-4-5-7-15(14)20-2/h4-7,13,17H,3,8-12H2,1-2H3. The zero-order valence-electron chi connectivity index (χ0n) is 12.4. The topological polar surface area (TPSA) is 41.6 Å². The van der Waals surface area contributed by atoms with Crippen LogP contribution in [0.15, 0.2) is 24.3 Å². The van der Waals surface area contributed by atoms with Gasteiger partial charge in [0.2, 0.25) is 0 Å². The molecule has 20 heavy (non-hydrogen) atoms. The molecule has 4 nitrogen and oxygen atoms in total. The fourth-order valence-electron chi connectivity index (χ4n) is 2.72. The fourth-order valence-corrected chi connectivity index (χ4v) is 2.72. The van der Waals surface area contributed by atoms with Gasteiger partial charge in [-0.05, 0) is 50.9 Å². The molecule has 1 aromatic rings. The number of nitrogens with zero attached hydrogens (tertiary/aromatic N) is 1. The molecule has 1 aromatic carbocycles. The van der Waals surface area contributed by atoms with E-state index in [-0.39, 0.29) is 5.91 Å². The molecule has 1 fully saturated rings. The maximum absolute atomic E-state index is 12.7. The molecular weight excluding hydrogens is 252 g/mol. The smallest absolute Gasteiger partial charge is 0.257 e. The van der Waals surface area contributed by atoms with Gasteiger partial charge in [0, 0.05) is 13.1 Å². The third-order valence-corrected chi connectivity index (χ3v) is 3.94. The van der Waals surface area contributed by atoms with Crippen molar-refractivity contribution in [1.82, 2.24) is 10.2 Å². The van der Waals surface area contributed by atoms with Crippen LogP contribution in [-0.4, -0.2) is 44.1 Å². The van der Waals surface area contributed by atoms with Crippen LogP contribution in [0.1, 0.15) is 30.1 Å². The van der Waals surface area contributed by atoms with Crippen LogP contribution in [0.4, 0.5) is 0 Å². The summed E-state index contributed by atoms with van der Waals surface area (Å²) in [5.74, 6) is 1.33. The van der Waals surface area contributed by atoms with E-state index in [1.54, 1.807) is 7.11 Å². The predicted octanol–water partition coefficient (Wildman–Crippen LogP) is 2.16. The number of hydrogen-bond donors (Lipinski definition) is 1. The summed E-state index contributed by atoms with van der Waals surface area (Å²) < 4.78 is 5.29. The van der Waals surface area contributed by atoms with Crippen molar-refractivity contribution >= 4 is 5.91 Å². The third kappa shape index (κ3) is 3.51. The van der Waals surface area contributed by atoms with Gasteiger partial charge >= 0.3 is 0 Å². The van der Waals surface area contributed by atoms with E-state index in [0.29, 0.717) is 17.2 Å². The van der Waals surface area contributed by atoms with E-state index in [1.807, 2.05) is 36.1 Å². The van der Waals surface area contributed by atoms with E-state index in [9.17, 15) is 4.79 Å². The molecule has 0 spiro atoms. The number of nitrogens with one attached hydrogen (secondary N) is 1. The minimum atomic E-state index is 0.0727. The molecule has 2 rings (SSSR count). The number of carbonyl (C=O) groups is 1. The number of methoxy groups -OCH3 is 1. The Balaban J connectivity index is 2.07. The van der Waals surface area contributed by atoms with Crippen molar-refractivity contribution in [2.75, 3.05) is 33.3 Å². The molecule has 4 heteroatoms. The van der Waals surface area contributed by atoms with Gasteiger partial charge < -0.3 is 15.0 Å². The molecule has 1 saturated heterocycles. The van der Waals surface area contributed by atoms with E-state index in [1.165, 1.54) is 0 Å². The SMILES string of the molecule is CCN(CC1CCNCC1)C(=O)c1ccccc1OC. The van der Waals surface area contributed by atoms with Gasteiger partial charge in [0.1, 0.15) is 5.75 Å². The molecule has 1 aliphatic rings. The summed E-state index contributed by atoms with van der Waals surface area (Å²) in [5.41, 5.74) is 0.658. The van der Waals surface area contributed by atoms with Crippen molar-refractivity contribution in [2.24, 2.45) is 5.92 Å². The largest absolute Gasteiger partial charge is 0.496 e. The summed E-state index contributed by atoms with van der Waals surface area (Å²) in [4.78, 5) is 14.6. The average Bonchev–Trinajstić information content (AvgIpc) is 2.53. The van der Waals surface area contributed by atoms with Crippen LogP contribution in [0.2, 0.25) is 0 Å². The Morgan fingerprint density at radius 3 is 2.70 bits per heavy atom. The second-order valence-corrected chi connectivity index (χ2v) is 5.24. The molecule has 0 unspecified atom stereocenters. The molecule has 1 aliphatic heterocycles. The van der Waals surface area contributed by atoms with Gasteiger partial charge in [0.15, 0.2) is 0 Å². The molecule has 0 aliphatic carbocycles. The van der Waals surface area contributed by atoms with Crippen molar-refractivity contribution in [1.29, 1.82) is 0 Å². The minimum absolute atomic E-state index is 0.0727. The third-order valence-electron chi connectivity index (χ3n) is 3.94. The van der Waals surface area contributed by atoms with Gasteiger partial charge in [-0.25, -0.2) is 0 Å². The lowest BCUT2D eigenvalue weighted by molar-refractivity contribution is 0.0723. The fraction of sp³-hybridized carbons (Fsp3) is 0.562. The van der Waals surface area contributed by atoms with Crippen molar-refractivity contribution < 1.29 is 9.53 Å². The minimum Gasteiger partial charge on any atom is -0.496 e. The first kappa shape index (κ1) is 14.9. The second-order valence-electron chi connectivity index (χ2n) is 5.24. The molecule has 0 atom stereocenters. The van der Waals surface area contributed by atoms with Crippen molar-refractivity contribution in [2.45, 2.75) is 19.8 Å². The number of piperidine rings is 1. The van der Waals surface area contributed by atoms with Crippen LogP contribution in [0.25, 0.3) is 0 Å². The normalized spacial score (nSPS) is 15.9. The summed E-state index contributed by atoms with van der Waals surface area (Å²) in [7, 11) is 1.61. The second kappa shape index (κ2) is 7.29. The summed E-state index contributed by atoms with van der Waals surface area (Å²) in [5, 5.41) is 3.36. The Kier molecular flexibility index (Phi) is 5.41. The molecule has 0 radical (unpaired) electrons. The highest BCUT2D eigenvalue weighted by Crippen LogP contribution is 2.21. The Morgan fingerprint density at radius 1 is 1.35 bits per heavy atom. The zero-order valence-corrected chi connectivity index (χ0v) is 12.4. The number of benzene rings is 1. The molecular formula is C16H24N2O2. The van der Waals surface area contributed by atoms with Gasteiger partial charge in [-0.1, -0.05) is 12.1 Å². The quantitative estimate of drug-likeness (QED) is 0.896. The number of rotatable bonds is 5. The van der Waals surface area contributed by atoms with E-state index < -0.39 is 0 Å². The highest BCUT2D eigenvalue weighted by molar-refractivity contribution is 5.96. The summed E-state index contributed by atoms with van der Waals surface area (Å²) in [6, 6.07) is 7.45. The maximum Gasteiger partial charge on any atom is 0.257 e. The first-order valence-corrected chi connectivity index (χ1v) is 7.39. The van der Waals surface area contributed by atoms with E-state index in [0.717, 1.165) is 39.0 Å². The maximum atomic E-state index is 12.7. The lowest BCUT2D eigenvalue weighted by atomic mass is 9.97. The number of para-hydroxylation sites is 1. The molecule has 1 heterocycles. The Bertz CT molecular complexity index is 442. The van der Waals surface area contributed by atoms with Gasteiger partial charge in [-0.3, -0.25) is 4.79 Å². The number of ether oxygens (including phenoxy) is 1. The lowest BCUT2D eigenvalue weighted by Gasteiger charge is -2.29. The Hall–Kier alpha value is -1.55. The summed E-state index contributed by atoms with van der Waals surface area (Å²) in [6.45, 7) is 5.74. The van der Waals surface area contributed by atoms with Crippen LogP contribution >= 0.6 is 0 Å². The molecule has 1 N–H and O–H groups in total. The first-order chi connectivity index (χ1) is 9.76. The van der Waals surface area contributed by atoms with E-state index in [4.69, 9.17) is 4.74 Å². The van der Waals surface area contributed by atoms with E-state index in [2.05, 4.69) is 5.32 Å². The van der Waals surface area contributed by atoms with Crippen LogP contribution in [0, 0.1) is 5.92 Å². The highest BCUT2D eigenvalue weighted by Gasteiger charge is 2.22.